The number of furan rings is 1. The molecule has 0 bridgehead atoms. The van der Waals surface area contributed by atoms with E-state index in [0.29, 0.717) is 15.2 Å². The normalized spacial score (nSPS) is 17.0. The van der Waals surface area contributed by atoms with Gasteiger partial charge in [0.05, 0.1) is 5.69 Å². The highest BCUT2D eigenvalue weighted by Gasteiger charge is 2.34. The molecule has 1 fully saturated rings. The smallest absolute Gasteiger partial charge is 0.270 e. The van der Waals surface area contributed by atoms with Crippen LogP contribution in [-0.2, 0) is 9.59 Å². The van der Waals surface area contributed by atoms with Gasteiger partial charge in [0.1, 0.15) is 11.3 Å². The van der Waals surface area contributed by atoms with Gasteiger partial charge in [-0.2, -0.15) is 0 Å². The third kappa shape index (κ3) is 2.81. The van der Waals surface area contributed by atoms with Gasteiger partial charge in [-0.15, -0.1) is 0 Å². The molecule has 110 valence electrons. The molecule has 7 heteroatoms. The Morgan fingerprint density at radius 1 is 1.14 bits per heavy atom. The predicted octanol–water partition coefficient (Wildman–Crippen LogP) is 2.72. The molecule has 0 radical (unpaired) electrons. The summed E-state index contributed by atoms with van der Waals surface area (Å²) in [5.74, 6) is -0.580. The number of carbonyl (C=O) groups excluding carboxylic acids is 2. The molecular weight excluding hydrogens is 415 g/mol. The molecule has 3 rings (SSSR count). The van der Waals surface area contributed by atoms with E-state index in [4.69, 9.17) is 16.6 Å². The van der Waals surface area contributed by atoms with Crippen molar-refractivity contribution in [3.63, 3.8) is 0 Å². The first-order valence-corrected chi connectivity index (χ1v) is 7.77. The van der Waals surface area contributed by atoms with Crippen molar-refractivity contribution < 1.29 is 14.0 Å². The van der Waals surface area contributed by atoms with Crippen LogP contribution in [0.2, 0.25) is 0 Å². The number of nitrogens with one attached hydrogen (secondary N) is 1. The second kappa shape index (κ2) is 6.01. The van der Waals surface area contributed by atoms with Gasteiger partial charge < -0.3 is 4.42 Å². The van der Waals surface area contributed by atoms with Crippen LogP contribution in [0.15, 0.2) is 52.5 Å². The Morgan fingerprint density at radius 3 is 2.50 bits per heavy atom. The molecule has 1 aliphatic heterocycles. The van der Waals surface area contributed by atoms with Crippen molar-refractivity contribution in [3.8, 4) is 0 Å². The minimum Gasteiger partial charge on any atom is -0.451 e. The van der Waals surface area contributed by atoms with E-state index < -0.39 is 11.8 Å². The van der Waals surface area contributed by atoms with Crippen molar-refractivity contribution in [2.75, 3.05) is 4.90 Å². The minimum absolute atomic E-state index is 0.0248. The fraction of sp³-hybridized carbons (Fsp3) is 0. The zero-order valence-corrected chi connectivity index (χ0v) is 14.1. The van der Waals surface area contributed by atoms with Gasteiger partial charge in [-0.3, -0.25) is 19.8 Å². The van der Waals surface area contributed by atoms with Gasteiger partial charge in [-0.05, 0) is 65.2 Å². The van der Waals surface area contributed by atoms with E-state index in [1.54, 1.807) is 36.4 Å². The van der Waals surface area contributed by atoms with E-state index in [9.17, 15) is 9.59 Å². The Kier molecular flexibility index (Phi) is 4.08. The quantitative estimate of drug-likeness (QED) is 0.349. The average Bonchev–Trinajstić information content (AvgIpc) is 2.90. The van der Waals surface area contributed by atoms with Gasteiger partial charge in [0.2, 0.25) is 0 Å². The Bertz CT molecular complexity index is 798. The molecule has 2 aromatic rings. The summed E-state index contributed by atoms with van der Waals surface area (Å²) in [6.07, 6.45) is 1.41. The van der Waals surface area contributed by atoms with E-state index in [1.807, 2.05) is 28.7 Å². The maximum Gasteiger partial charge on any atom is 0.270 e. The maximum atomic E-state index is 12.6. The lowest BCUT2D eigenvalue weighted by Gasteiger charge is -2.28. The van der Waals surface area contributed by atoms with E-state index in [-0.39, 0.29) is 10.7 Å². The van der Waals surface area contributed by atoms with Crippen LogP contribution in [0, 0.1) is 3.77 Å². The van der Waals surface area contributed by atoms with Gasteiger partial charge in [0.25, 0.3) is 11.8 Å². The van der Waals surface area contributed by atoms with E-state index in [2.05, 4.69) is 5.32 Å². The fourth-order valence-corrected chi connectivity index (χ4v) is 2.73. The van der Waals surface area contributed by atoms with Crippen molar-refractivity contribution in [3.05, 3.63) is 57.6 Å². The maximum absolute atomic E-state index is 12.6. The monoisotopic (exact) mass is 424 g/mol. The third-order valence-electron chi connectivity index (χ3n) is 3.00. The highest BCUT2D eigenvalue weighted by Crippen LogP contribution is 2.22. The van der Waals surface area contributed by atoms with Gasteiger partial charge in [-0.1, -0.05) is 18.2 Å². The van der Waals surface area contributed by atoms with Gasteiger partial charge in [0.15, 0.2) is 8.88 Å². The van der Waals surface area contributed by atoms with E-state index in [1.165, 1.54) is 11.0 Å². The van der Waals surface area contributed by atoms with Gasteiger partial charge >= 0.3 is 0 Å². The van der Waals surface area contributed by atoms with E-state index >= 15 is 0 Å². The van der Waals surface area contributed by atoms with Gasteiger partial charge in [-0.25, -0.2) is 0 Å². The number of rotatable bonds is 2. The van der Waals surface area contributed by atoms with Gasteiger partial charge in [0, 0.05) is 0 Å². The lowest BCUT2D eigenvalue weighted by atomic mass is 10.1. The molecule has 1 aromatic carbocycles. The highest BCUT2D eigenvalue weighted by atomic mass is 127. The van der Waals surface area contributed by atoms with Crippen molar-refractivity contribution in [2.24, 2.45) is 0 Å². The van der Waals surface area contributed by atoms with Crippen LogP contribution < -0.4 is 10.2 Å². The summed E-state index contributed by atoms with van der Waals surface area (Å²) in [7, 11) is 0. The summed E-state index contributed by atoms with van der Waals surface area (Å²) < 4.78 is 6.05. The van der Waals surface area contributed by atoms with Crippen molar-refractivity contribution in [1.29, 1.82) is 0 Å². The zero-order chi connectivity index (χ0) is 15.7. The number of carbonyl (C=O) groups is 2. The Hall–Kier alpha value is -2.00. The van der Waals surface area contributed by atoms with Crippen molar-refractivity contribution >= 4 is 63.5 Å². The molecule has 1 aliphatic rings. The molecule has 5 nitrogen and oxygen atoms in total. The number of para-hydroxylation sites is 1. The molecule has 0 saturated carbocycles. The lowest BCUT2D eigenvalue weighted by Crippen LogP contribution is -2.54. The summed E-state index contributed by atoms with van der Waals surface area (Å²) in [6, 6.07) is 12.3. The molecule has 0 spiro atoms. The second-order valence-corrected chi connectivity index (χ2v) is 5.89. The first kappa shape index (κ1) is 14.9. The summed E-state index contributed by atoms with van der Waals surface area (Å²) in [5.41, 5.74) is 0.570. The molecule has 0 unspecified atom stereocenters. The molecule has 0 aliphatic carbocycles. The topological polar surface area (TPSA) is 62.6 Å². The number of halogens is 1. The Morgan fingerprint density at radius 2 is 1.86 bits per heavy atom. The molecular formula is C15H9IN2O3S. The Balaban J connectivity index is 2.01. The predicted molar refractivity (Wildman–Crippen MR) is 94.1 cm³/mol. The van der Waals surface area contributed by atoms with Crippen LogP contribution in [0.5, 0.6) is 0 Å². The van der Waals surface area contributed by atoms with Crippen LogP contribution in [0.1, 0.15) is 5.76 Å². The minimum atomic E-state index is -0.534. The first-order chi connectivity index (χ1) is 10.6. The second-order valence-electron chi connectivity index (χ2n) is 4.44. The Labute approximate surface area is 145 Å². The summed E-state index contributed by atoms with van der Waals surface area (Å²) >= 11 is 7.12. The molecule has 2 amide bonds. The van der Waals surface area contributed by atoms with Crippen LogP contribution in [0.25, 0.3) is 6.08 Å². The van der Waals surface area contributed by atoms with Crippen LogP contribution in [0.3, 0.4) is 0 Å². The third-order valence-corrected chi connectivity index (χ3v) is 3.86. The largest absolute Gasteiger partial charge is 0.451 e. The zero-order valence-electron chi connectivity index (χ0n) is 11.1. The standard InChI is InChI=1S/C15H9IN2O3S/c16-12-7-6-10(21-12)8-11-13(19)17-15(22)18(14(11)20)9-4-2-1-3-5-9/h1-8H,(H,17,19,22). The molecule has 2 heterocycles. The molecule has 1 N–H and O–H groups in total. The molecule has 1 saturated heterocycles. The van der Waals surface area contributed by atoms with Crippen molar-refractivity contribution in [2.45, 2.75) is 0 Å². The summed E-state index contributed by atoms with van der Waals surface area (Å²) in [4.78, 5) is 26.0. The molecule has 22 heavy (non-hydrogen) atoms. The number of thiocarbonyl (C=S) groups is 1. The SMILES string of the molecule is O=C1NC(=S)N(c2ccccc2)C(=O)C1=Cc1ccc(I)o1. The highest BCUT2D eigenvalue weighted by molar-refractivity contribution is 14.1. The van der Waals surface area contributed by atoms with E-state index in [0.717, 1.165) is 0 Å². The van der Waals surface area contributed by atoms with Crippen LogP contribution in [-0.4, -0.2) is 16.9 Å². The molecule has 0 atom stereocenters. The van der Waals surface area contributed by atoms with Crippen LogP contribution >= 0.6 is 34.8 Å². The number of hydrogen-bond donors (Lipinski definition) is 1. The lowest BCUT2D eigenvalue weighted by molar-refractivity contribution is -0.122. The fourth-order valence-electron chi connectivity index (χ4n) is 2.02. The van der Waals surface area contributed by atoms with Crippen molar-refractivity contribution in [1.82, 2.24) is 5.32 Å². The summed E-state index contributed by atoms with van der Waals surface area (Å²) in [6.45, 7) is 0. The van der Waals surface area contributed by atoms with Crippen LogP contribution in [0.4, 0.5) is 5.69 Å². The molecule has 1 aromatic heterocycles. The number of amides is 2. The average molecular weight is 424 g/mol. The first-order valence-electron chi connectivity index (χ1n) is 6.28. The number of nitrogens with zero attached hydrogens (tertiary/aromatic N) is 1. The number of anilines is 1. The number of hydrogen-bond acceptors (Lipinski definition) is 4. The number of benzene rings is 1. The summed E-state index contributed by atoms with van der Waals surface area (Å²) in [5, 5.41) is 2.58.